The van der Waals surface area contributed by atoms with Crippen molar-refractivity contribution in [2.24, 2.45) is 0 Å². The maximum Gasteiger partial charge on any atom is 0.357 e. The number of hydrogen-bond donors (Lipinski definition) is 0. The third kappa shape index (κ3) is 1.82. The van der Waals surface area contributed by atoms with Crippen LogP contribution in [-0.2, 0) is 11.2 Å². The number of rotatable bonds is 3. The lowest BCUT2D eigenvalue weighted by Gasteiger charge is -2.12. The highest BCUT2D eigenvalue weighted by Crippen LogP contribution is 2.36. The number of aryl methyl sites for hydroxylation is 1. The van der Waals surface area contributed by atoms with Crippen LogP contribution in [-0.4, -0.2) is 17.6 Å². The zero-order valence-corrected chi connectivity index (χ0v) is 9.82. The number of hydrogen-bond acceptors (Lipinski definition) is 3. The van der Waals surface area contributed by atoms with Crippen molar-refractivity contribution in [3.05, 3.63) is 29.1 Å². The van der Waals surface area contributed by atoms with Crippen LogP contribution in [0.5, 0.6) is 0 Å². The van der Waals surface area contributed by atoms with Crippen LogP contribution in [0.3, 0.4) is 0 Å². The van der Waals surface area contributed by atoms with Crippen LogP contribution in [0.4, 0.5) is 0 Å². The Morgan fingerprint density at radius 1 is 1.56 bits per heavy atom. The second kappa shape index (κ2) is 4.64. The number of carbonyl (C=O) groups is 1. The summed E-state index contributed by atoms with van der Waals surface area (Å²) in [5.74, 6) is 0.197. The minimum Gasteiger partial charge on any atom is -0.461 e. The fourth-order valence-corrected chi connectivity index (χ4v) is 2.43. The van der Waals surface area contributed by atoms with E-state index in [1.165, 1.54) is 5.56 Å². The van der Waals surface area contributed by atoms with Crippen molar-refractivity contribution in [1.29, 1.82) is 0 Å². The van der Waals surface area contributed by atoms with Gasteiger partial charge in [-0.3, -0.25) is 0 Å². The maximum absolute atomic E-state index is 11.8. The molecule has 0 fully saturated rings. The minimum atomic E-state index is -0.278. The van der Waals surface area contributed by atoms with Crippen molar-refractivity contribution in [2.75, 3.05) is 6.61 Å². The molecule has 1 heterocycles. The number of ether oxygens (including phenoxy) is 1. The summed E-state index contributed by atoms with van der Waals surface area (Å²) in [5, 5.41) is 0. The van der Waals surface area contributed by atoms with E-state index in [1.54, 1.807) is 6.20 Å². The summed E-state index contributed by atoms with van der Waals surface area (Å²) < 4.78 is 5.04. The molecule has 0 N–H and O–H groups in total. The first-order valence-corrected chi connectivity index (χ1v) is 5.92. The van der Waals surface area contributed by atoms with Crippen molar-refractivity contribution in [3.8, 4) is 0 Å². The van der Waals surface area contributed by atoms with Crippen molar-refractivity contribution < 1.29 is 9.53 Å². The lowest BCUT2D eigenvalue weighted by molar-refractivity contribution is 0.0517. The molecule has 1 aromatic heterocycles. The van der Waals surface area contributed by atoms with E-state index in [0.717, 1.165) is 24.8 Å². The van der Waals surface area contributed by atoms with E-state index in [2.05, 4.69) is 11.9 Å². The summed E-state index contributed by atoms with van der Waals surface area (Å²) in [5.41, 5.74) is 2.93. The van der Waals surface area contributed by atoms with Gasteiger partial charge in [-0.05, 0) is 49.3 Å². The van der Waals surface area contributed by atoms with Crippen molar-refractivity contribution in [3.63, 3.8) is 0 Å². The molecule has 3 heteroatoms. The molecule has 0 aromatic carbocycles. The summed E-state index contributed by atoms with van der Waals surface area (Å²) >= 11 is 0. The second-order valence-corrected chi connectivity index (χ2v) is 4.10. The molecule has 0 amide bonds. The summed E-state index contributed by atoms with van der Waals surface area (Å²) in [7, 11) is 0. The highest BCUT2D eigenvalue weighted by Gasteiger charge is 2.28. The third-order valence-corrected chi connectivity index (χ3v) is 3.21. The van der Waals surface area contributed by atoms with Gasteiger partial charge in [-0.25, -0.2) is 9.78 Å². The highest BCUT2D eigenvalue weighted by atomic mass is 16.5. The van der Waals surface area contributed by atoms with Crippen LogP contribution in [0.1, 0.15) is 54.2 Å². The largest absolute Gasteiger partial charge is 0.461 e. The lowest BCUT2D eigenvalue weighted by Crippen LogP contribution is -2.12. The van der Waals surface area contributed by atoms with Gasteiger partial charge < -0.3 is 4.74 Å². The molecule has 0 radical (unpaired) electrons. The molecule has 86 valence electrons. The molecule has 0 spiro atoms. The van der Waals surface area contributed by atoms with Crippen LogP contribution < -0.4 is 0 Å². The van der Waals surface area contributed by atoms with Crippen molar-refractivity contribution in [1.82, 2.24) is 4.98 Å². The van der Waals surface area contributed by atoms with E-state index < -0.39 is 0 Å². The molecule has 1 aliphatic rings. The molecule has 1 aliphatic carbocycles. The molecule has 16 heavy (non-hydrogen) atoms. The zero-order valence-electron chi connectivity index (χ0n) is 9.82. The molecule has 3 nitrogen and oxygen atoms in total. The zero-order chi connectivity index (χ0) is 11.5. The van der Waals surface area contributed by atoms with E-state index in [9.17, 15) is 4.79 Å². The standard InChI is InChI=1S/C13H17NO2/c1-3-9-5-6-10-7-8-14-12(11(9)10)13(15)16-4-2/h7-9H,3-6H2,1-2H3/t9-/m0/s1. The first kappa shape index (κ1) is 11.1. The van der Waals surface area contributed by atoms with Gasteiger partial charge in [-0.1, -0.05) is 6.92 Å². The quantitative estimate of drug-likeness (QED) is 0.734. The molecular formula is C13H17NO2. The lowest BCUT2D eigenvalue weighted by atomic mass is 9.97. The van der Waals surface area contributed by atoms with Gasteiger partial charge in [0.2, 0.25) is 0 Å². The predicted molar refractivity (Wildman–Crippen MR) is 61.5 cm³/mol. The van der Waals surface area contributed by atoms with Crippen LogP contribution >= 0.6 is 0 Å². The smallest absolute Gasteiger partial charge is 0.357 e. The number of pyridine rings is 1. The van der Waals surface area contributed by atoms with Crippen LogP contribution in [0, 0.1) is 0 Å². The Labute approximate surface area is 95.8 Å². The molecule has 0 saturated heterocycles. The molecule has 0 unspecified atom stereocenters. The van der Waals surface area contributed by atoms with Gasteiger partial charge in [0.15, 0.2) is 5.69 Å². The fraction of sp³-hybridized carbons (Fsp3) is 0.538. The Morgan fingerprint density at radius 3 is 3.06 bits per heavy atom. The predicted octanol–water partition coefficient (Wildman–Crippen LogP) is 2.70. The molecule has 1 atom stereocenters. The number of esters is 1. The average molecular weight is 219 g/mol. The summed E-state index contributed by atoms with van der Waals surface area (Å²) in [6.07, 6.45) is 4.96. The van der Waals surface area contributed by atoms with Crippen LogP contribution in [0.15, 0.2) is 12.3 Å². The number of nitrogens with zero attached hydrogens (tertiary/aromatic N) is 1. The summed E-state index contributed by atoms with van der Waals surface area (Å²) in [6.45, 7) is 4.38. The van der Waals surface area contributed by atoms with E-state index in [1.807, 2.05) is 13.0 Å². The summed E-state index contributed by atoms with van der Waals surface area (Å²) in [4.78, 5) is 16.0. The minimum absolute atomic E-state index is 0.278. The first-order chi connectivity index (χ1) is 7.77. The van der Waals surface area contributed by atoms with Gasteiger partial charge >= 0.3 is 5.97 Å². The van der Waals surface area contributed by atoms with Gasteiger partial charge in [0, 0.05) is 6.20 Å². The average Bonchev–Trinajstić information content (AvgIpc) is 2.72. The fourth-order valence-electron chi connectivity index (χ4n) is 2.43. The maximum atomic E-state index is 11.8. The van der Waals surface area contributed by atoms with Gasteiger partial charge in [-0.2, -0.15) is 0 Å². The Balaban J connectivity index is 2.39. The normalized spacial score (nSPS) is 18.2. The Hall–Kier alpha value is -1.38. The van der Waals surface area contributed by atoms with Crippen LogP contribution in [0.25, 0.3) is 0 Å². The van der Waals surface area contributed by atoms with Gasteiger partial charge in [0.25, 0.3) is 0 Å². The van der Waals surface area contributed by atoms with Crippen molar-refractivity contribution in [2.45, 2.75) is 39.0 Å². The van der Waals surface area contributed by atoms with E-state index in [-0.39, 0.29) is 5.97 Å². The Bertz CT molecular complexity index is 401. The molecule has 2 rings (SSSR count). The Morgan fingerprint density at radius 2 is 2.38 bits per heavy atom. The number of carbonyl (C=O) groups excluding carboxylic acids is 1. The van der Waals surface area contributed by atoms with E-state index >= 15 is 0 Å². The number of aromatic nitrogens is 1. The van der Waals surface area contributed by atoms with Gasteiger partial charge in [0.05, 0.1) is 6.61 Å². The van der Waals surface area contributed by atoms with Crippen molar-refractivity contribution >= 4 is 5.97 Å². The highest BCUT2D eigenvalue weighted by molar-refractivity contribution is 5.89. The van der Waals surface area contributed by atoms with E-state index in [4.69, 9.17) is 4.74 Å². The van der Waals surface area contributed by atoms with Gasteiger partial charge in [-0.15, -0.1) is 0 Å². The Kier molecular flexibility index (Phi) is 3.22. The van der Waals surface area contributed by atoms with E-state index in [0.29, 0.717) is 18.2 Å². The number of fused-ring (bicyclic) bond motifs is 1. The topological polar surface area (TPSA) is 39.2 Å². The molecule has 0 saturated carbocycles. The first-order valence-electron chi connectivity index (χ1n) is 5.92. The summed E-state index contributed by atoms with van der Waals surface area (Å²) in [6, 6.07) is 2.02. The SMILES string of the molecule is CCOC(=O)c1nccc2c1[C@@H](CC)CC2. The molecule has 1 aromatic rings. The monoisotopic (exact) mass is 219 g/mol. The molecular weight excluding hydrogens is 202 g/mol. The second-order valence-electron chi connectivity index (χ2n) is 4.10. The van der Waals surface area contributed by atoms with Crippen LogP contribution in [0.2, 0.25) is 0 Å². The van der Waals surface area contributed by atoms with Gasteiger partial charge in [0.1, 0.15) is 0 Å². The molecule has 0 aliphatic heterocycles. The third-order valence-electron chi connectivity index (χ3n) is 3.21. The molecule has 0 bridgehead atoms.